The van der Waals surface area contributed by atoms with Gasteiger partial charge >= 0.3 is 0 Å². The Kier molecular flexibility index (Phi) is 3.16. The third-order valence-corrected chi connectivity index (χ3v) is 7.68. The van der Waals surface area contributed by atoms with Gasteiger partial charge in [0, 0.05) is 22.9 Å². The van der Waals surface area contributed by atoms with Gasteiger partial charge in [0.25, 0.3) is 0 Å². The van der Waals surface area contributed by atoms with Crippen LogP contribution in [0.15, 0.2) is 11.6 Å². The van der Waals surface area contributed by atoms with Crippen LogP contribution in [0.1, 0.15) is 71.1 Å². The zero-order chi connectivity index (χ0) is 15.6. The summed E-state index contributed by atoms with van der Waals surface area (Å²) in [6.45, 7) is 2.16. The van der Waals surface area contributed by atoms with Crippen LogP contribution in [0.2, 0.25) is 0 Å². The minimum atomic E-state index is -0.267. The second kappa shape index (κ2) is 4.67. The van der Waals surface area contributed by atoms with Gasteiger partial charge in [-0.2, -0.15) is 0 Å². The highest BCUT2D eigenvalue weighted by atomic mass is 16.1. The van der Waals surface area contributed by atoms with Gasteiger partial charge in [0.2, 0.25) is 0 Å². The maximum Gasteiger partial charge on any atom is 0.139 e. The van der Waals surface area contributed by atoms with Crippen LogP contribution in [-0.4, -0.2) is 16.9 Å². The molecule has 0 spiro atoms. The Morgan fingerprint density at radius 1 is 1.09 bits per heavy atom. The summed E-state index contributed by atoms with van der Waals surface area (Å²) < 4.78 is 0. The van der Waals surface area contributed by atoms with Crippen LogP contribution >= 0.6 is 0 Å². The zero-order valence-corrected chi connectivity index (χ0v) is 13.9. The van der Waals surface area contributed by atoms with Gasteiger partial charge in [0.1, 0.15) is 5.78 Å². The predicted octanol–water partition coefficient (Wildman–Crippen LogP) is 3.07. The number of carbonyl (C=O) groups excluding carboxylic acids is 1. The molecule has 4 N–H and O–H groups in total. The molecule has 0 saturated heterocycles. The minimum absolute atomic E-state index is 0.0401. The maximum absolute atomic E-state index is 12.4. The Bertz CT molecular complexity index is 542. The van der Waals surface area contributed by atoms with E-state index in [1.54, 1.807) is 0 Å². The molecule has 4 rings (SSSR count). The molecule has 3 saturated carbocycles. The lowest BCUT2D eigenvalue weighted by Crippen LogP contribution is -2.65. The van der Waals surface area contributed by atoms with Crippen molar-refractivity contribution in [2.45, 2.75) is 82.2 Å². The molecule has 3 fully saturated rings. The van der Waals surface area contributed by atoms with Gasteiger partial charge in [-0.3, -0.25) is 4.79 Å². The highest BCUT2D eigenvalue weighted by molar-refractivity contribution is 5.88. The van der Waals surface area contributed by atoms with Crippen molar-refractivity contribution < 1.29 is 4.79 Å². The standard InChI is InChI=1S/C19H30N2O/c1-17-10-8-14-13-5-3-2-4-9-18(13,20)11-12-19(14,21)15(17)6-7-16(17)22/h8,13,15H,2-7,9-12,20-21H2,1H3/t13-,15?,17+,18-,19+/m1/s1. The molecule has 4 aliphatic rings. The fourth-order valence-electron chi connectivity index (χ4n) is 6.30. The summed E-state index contributed by atoms with van der Waals surface area (Å²) in [4.78, 5) is 12.4. The fraction of sp³-hybridized carbons (Fsp3) is 0.842. The van der Waals surface area contributed by atoms with Gasteiger partial charge in [-0.1, -0.05) is 32.3 Å². The highest BCUT2D eigenvalue weighted by Crippen LogP contribution is 2.60. The van der Waals surface area contributed by atoms with Crippen molar-refractivity contribution in [1.82, 2.24) is 0 Å². The van der Waals surface area contributed by atoms with E-state index in [-0.39, 0.29) is 16.5 Å². The Balaban J connectivity index is 1.77. The lowest BCUT2D eigenvalue weighted by molar-refractivity contribution is -0.127. The topological polar surface area (TPSA) is 69.1 Å². The van der Waals surface area contributed by atoms with Crippen LogP contribution in [0.25, 0.3) is 0 Å². The lowest BCUT2D eigenvalue weighted by Gasteiger charge is -2.57. The molecular formula is C19H30N2O. The SMILES string of the molecule is C[C@]12CC=C3[C@H]4CCCCC[C@@]4(N)CC[C@@]3(N)C1CCC2=O. The van der Waals surface area contributed by atoms with Gasteiger partial charge in [0.15, 0.2) is 0 Å². The quantitative estimate of drug-likeness (QED) is 0.676. The van der Waals surface area contributed by atoms with Crippen molar-refractivity contribution in [3.8, 4) is 0 Å². The number of ketones is 1. The van der Waals surface area contributed by atoms with E-state index in [2.05, 4.69) is 13.0 Å². The average molecular weight is 302 g/mol. The van der Waals surface area contributed by atoms with Crippen LogP contribution in [0.3, 0.4) is 0 Å². The smallest absolute Gasteiger partial charge is 0.139 e. The zero-order valence-electron chi connectivity index (χ0n) is 13.9. The molecule has 5 atom stereocenters. The molecule has 122 valence electrons. The molecule has 1 unspecified atom stereocenters. The molecule has 0 amide bonds. The Morgan fingerprint density at radius 2 is 1.91 bits per heavy atom. The lowest BCUT2D eigenvalue weighted by atomic mass is 9.51. The first-order chi connectivity index (χ1) is 10.4. The van der Waals surface area contributed by atoms with E-state index < -0.39 is 0 Å². The first kappa shape index (κ1) is 14.9. The van der Waals surface area contributed by atoms with E-state index in [0.29, 0.717) is 17.6 Å². The Labute approximate surface area is 133 Å². The van der Waals surface area contributed by atoms with E-state index >= 15 is 0 Å². The molecular weight excluding hydrogens is 272 g/mol. The molecule has 4 aliphatic carbocycles. The molecule has 0 aromatic heterocycles. The number of nitrogens with two attached hydrogens (primary N) is 2. The van der Waals surface area contributed by atoms with Crippen LogP contribution in [-0.2, 0) is 4.79 Å². The van der Waals surface area contributed by atoms with Crippen molar-refractivity contribution >= 4 is 5.78 Å². The highest BCUT2D eigenvalue weighted by Gasteiger charge is 2.61. The summed E-state index contributed by atoms with van der Waals surface area (Å²) >= 11 is 0. The second-order valence-electron chi connectivity index (χ2n) is 8.72. The Morgan fingerprint density at radius 3 is 2.73 bits per heavy atom. The molecule has 0 radical (unpaired) electrons. The van der Waals surface area contributed by atoms with E-state index in [0.717, 1.165) is 38.5 Å². The second-order valence-corrected chi connectivity index (χ2v) is 8.72. The van der Waals surface area contributed by atoms with Crippen LogP contribution in [0, 0.1) is 17.3 Å². The minimum Gasteiger partial charge on any atom is -0.325 e. The molecule has 0 bridgehead atoms. The van der Waals surface area contributed by atoms with Gasteiger partial charge in [-0.05, 0) is 55.9 Å². The largest absolute Gasteiger partial charge is 0.325 e. The van der Waals surface area contributed by atoms with Crippen molar-refractivity contribution in [2.75, 3.05) is 0 Å². The number of carbonyl (C=O) groups is 1. The monoisotopic (exact) mass is 302 g/mol. The van der Waals surface area contributed by atoms with E-state index in [1.165, 1.54) is 31.3 Å². The van der Waals surface area contributed by atoms with Crippen LogP contribution in [0.4, 0.5) is 0 Å². The number of fused-ring (bicyclic) bond motifs is 5. The first-order valence-corrected chi connectivity index (χ1v) is 9.22. The molecule has 3 nitrogen and oxygen atoms in total. The third-order valence-electron chi connectivity index (χ3n) is 7.68. The van der Waals surface area contributed by atoms with Crippen molar-refractivity contribution in [3.05, 3.63) is 11.6 Å². The molecule has 0 aromatic carbocycles. The molecule has 22 heavy (non-hydrogen) atoms. The normalized spacial score (nSPS) is 51.4. The van der Waals surface area contributed by atoms with Gasteiger partial charge in [0.05, 0.1) is 0 Å². The number of rotatable bonds is 0. The van der Waals surface area contributed by atoms with Gasteiger partial charge in [-0.25, -0.2) is 0 Å². The Hall–Kier alpha value is -0.670. The average Bonchev–Trinajstić information content (AvgIpc) is 2.67. The predicted molar refractivity (Wildman–Crippen MR) is 88.2 cm³/mol. The molecule has 0 aliphatic heterocycles. The number of hydrogen-bond acceptors (Lipinski definition) is 3. The summed E-state index contributed by atoms with van der Waals surface area (Å²) in [7, 11) is 0. The number of Topliss-reactive ketones (excluding diaryl/α,β-unsaturated/α-hetero) is 1. The summed E-state index contributed by atoms with van der Waals surface area (Å²) in [5.41, 5.74) is 14.8. The number of hydrogen-bond donors (Lipinski definition) is 2. The van der Waals surface area contributed by atoms with Crippen LogP contribution < -0.4 is 11.5 Å². The number of allylic oxidation sites excluding steroid dienone is 1. The maximum atomic E-state index is 12.4. The van der Waals surface area contributed by atoms with Crippen molar-refractivity contribution in [3.63, 3.8) is 0 Å². The van der Waals surface area contributed by atoms with Crippen LogP contribution in [0.5, 0.6) is 0 Å². The van der Waals surface area contributed by atoms with E-state index in [1.807, 2.05) is 0 Å². The fourth-order valence-corrected chi connectivity index (χ4v) is 6.30. The van der Waals surface area contributed by atoms with Gasteiger partial charge in [-0.15, -0.1) is 0 Å². The van der Waals surface area contributed by atoms with E-state index in [4.69, 9.17) is 11.5 Å². The summed E-state index contributed by atoms with van der Waals surface area (Å²) in [6, 6.07) is 0. The van der Waals surface area contributed by atoms with Gasteiger partial charge < -0.3 is 11.5 Å². The summed E-state index contributed by atoms with van der Waals surface area (Å²) in [5, 5.41) is 0. The van der Waals surface area contributed by atoms with Crippen molar-refractivity contribution in [1.29, 1.82) is 0 Å². The molecule has 3 heteroatoms. The van der Waals surface area contributed by atoms with Crippen molar-refractivity contribution in [2.24, 2.45) is 28.7 Å². The summed E-state index contributed by atoms with van der Waals surface area (Å²) in [5.74, 6) is 1.22. The molecule has 0 heterocycles. The summed E-state index contributed by atoms with van der Waals surface area (Å²) in [6.07, 6.45) is 13.1. The first-order valence-electron chi connectivity index (χ1n) is 9.22. The third kappa shape index (κ3) is 1.78. The van der Waals surface area contributed by atoms with E-state index in [9.17, 15) is 4.79 Å². The molecule has 0 aromatic rings.